The van der Waals surface area contributed by atoms with Crippen molar-refractivity contribution < 1.29 is 13.9 Å². The molecule has 0 saturated heterocycles. The minimum Gasteiger partial charge on any atom is -0.506 e. The number of hydrogen-bond acceptors (Lipinski definition) is 3. The molecule has 68 valence electrons. The zero-order valence-corrected chi connectivity index (χ0v) is 6.21. The standard InChI is InChI=1S/C7H4F2N2O2/c8-6(9)5-4(12)1-3(2-10)7(13)11-5/h1,6,12H,(H,11,13). The summed E-state index contributed by atoms with van der Waals surface area (Å²) >= 11 is 0. The predicted octanol–water partition coefficient (Wildman–Crippen LogP) is 0.890. The number of aromatic amines is 1. The van der Waals surface area contributed by atoms with Gasteiger partial charge in [0.2, 0.25) is 0 Å². The van der Waals surface area contributed by atoms with Gasteiger partial charge in [-0.25, -0.2) is 8.78 Å². The van der Waals surface area contributed by atoms with E-state index in [1.807, 2.05) is 0 Å². The van der Waals surface area contributed by atoms with Gasteiger partial charge in [0.25, 0.3) is 12.0 Å². The van der Waals surface area contributed by atoms with Crippen LogP contribution in [0.4, 0.5) is 8.78 Å². The number of nitriles is 1. The highest BCUT2D eigenvalue weighted by atomic mass is 19.3. The largest absolute Gasteiger partial charge is 0.506 e. The first-order valence-corrected chi connectivity index (χ1v) is 3.20. The van der Waals surface area contributed by atoms with Gasteiger partial charge in [0.05, 0.1) is 0 Å². The topological polar surface area (TPSA) is 76.9 Å². The molecule has 0 aliphatic heterocycles. The highest BCUT2D eigenvalue weighted by Crippen LogP contribution is 2.24. The van der Waals surface area contributed by atoms with E-state index in [-0.39, 0.29) is 0 Å². The maximum Gasteiger partial charge on any atom is 0.281 e. The van der Waals surface area contributed by atoms with E-state index in [0.717, 1.165) is 0 Å². The Labute approximate surface area is 71.1 Å². The molecule has 1 rings (SSSR count). The monoisotopic (exact) mass is 186 g/mol. The number of rotatable bonds is 1. The number of nitrogens with one attached hydrogen (secondary N) is 1. The van der Waals surface area contributed by atoms with Crippen LogP contribution in [0.25, 0.3) is 0 Å². The van der Waals surface area contributed by atoms with Crippen molar-refractivity contribution in [3.63, 3.8) is 0 Å². The number of alkyl halides is 2. The van der Waals surface area contributed by atoms with Crippen molar-refractivity contribution in [3.8, 4) is 11.8 Å². The van der Waals surface area contributed by atoms with Crippen LogP contribution in [0.2, 0.25) is 0 Å². The summed E-state index contributed by atoms with van der Waals surface area (Å²) in [5.74, 6) is -0.786. The fourth-order valence-electron chi connectivity index (χ4n) is 0.783. The molecule has 0 amide bonds. The molecule has 0 atom stereocenters. The van der Waals surface area contributed by atoms with Crippen LogP contribution in [-0.4, -0.2) is 10.1 Å². The molecule has 4 nitrogen and oxygen atoms in total. The summed E-state index contributed by atoms with van der Waals surface area (Å²) in [6.07, 6.45) is -2.97. The maximum atomic E-state index is 12.0. The van der Waals surface area contributed by atoms with Gasteiger partial charge in [-0.3, -0.25) is 4.79 Å². The van der Waals surface area contributed by atoms with E-state index < -0.39 is 29.0 Å². The van der Waals surface area contributed by atoms with Crippen LogP contribution in [0.1, 0.15) is 17.7 Å². The molecule has 1 aromatic rings. The molecular formula is C7H4F2N2O2. The highest BCUT2D eigenvalue weighted by molar-refractivity contribution is 5.36. The predicted molar refractivity (Wildman–Crippen MR) is 38.4 cm³/mol. The van der Waals surface area contributed by atoms with Crippen LogP contribution in [-0.2, 0) is 0 Å². The molecule has 0 spiro atoms. The van der Waals surface area contributed by atoms with E-state index in [0.29, 0.717) is 6.07 Å². The van der Waals surface area contributed by atoms with Gasteiger partial charge in [-0.1, -0.05) is 0 Å². The van der Waals surface area contributed by atoms with Crippen molar-refractivity contribution in [1.29, 1.82) is 5.26 Å². The van der Waals surface area contributed by atoms with Crippen LogP contribution in [0.15, 0.2) is 10.9 Å². The third kappa shape index (κ3) is 1.64. The summed E-state index contributed by atoms with van der Waals surface area (Å²) in [7, 11) is 0. The van der Waals surface area contributed by atoms with Gasteiger partial charge in [0, 0.05) is 6.07 Å². The fraction of sp³-hybridized carbons (Fsp3) is 0.143. The van der Waals surface area contributed by atoms with Crippen LogP contribution < -0.4 is 5.56 Å². The molecule has 6 heteroatoms. The minimum atomic E-state index is -2.97. The summed E-state index contributed by atoms with van der Waals surface area (Å²) in [4.78, 5) is 12.5. The zero-order chi connectivity index (χ0) is 10.0. The number of H-pyrrole nitrogens is 1. The van der Waals surface area contributed by atoms with Gasteiger partial charge < -0.3 is 10.1 Å². The van der Waals surface area contributed by atoms with Crippen LogP contribution >= 0.6 is 0 Å². The van der Waals surface area contributed by atoms with Gasteiger partial charge in [-0.15, -0.1) is 0 Å². The second-order valence-corrected chi connectivity index (χ2v) is 2.22. The van der Waals surface area contributed by atoms with Gasteiger partial charge in [-0.2, -0.15) is 5.26 Å². The molecule has 0 aliphatic rings. The quantitative estimate of drug-likeness (QED) is 0.683. The van der Waals surface area contributed by atoms with Gasteiger partial charge >= 0.3 is 0 Å². The molecule has 0 aliphatic carbocycles. The molecule has 1 aromatic heterocycles. The molecule has 13 heavy (non-hydrogen) atoms. The second kappa shape index (κ2) is 3.23. The van der Waals surface area contributed by atoms with Crippen LogP contribution in [0, 0.1) is 11.3 Å². The Morgan fingerprint density at radius 3 is 2.69 bits per heavy atom. The molecule has 0 aromatic carbocycles. The SMILES string of the molecule is N#Cc1cc(O)c(C(F)F)[nH]c1=O. The first-order chi connectivity index (χ1) is 6.06. The highest BCUT2D eigenvalue weighted by Gasteiger charge is 2.15. The zero-order valence-electron chi connectivity index (χ0n) is 6.21. The van der Waals surface area contributed by atoms with E-state index in [1.54, 1.807) is 4.98 Å². The molecule has 0 bridgehead atoms. The van der Waals surface area contributed by atoms with Crippen molar-refractivity contribution in [2.75, 3.05) is 0 Å². The number of halogens is 2. The molecular weight excluding hydrogens is 182 g/mol. The third-order valence-electron chi connectivity index (χ3n) is 1.39. The smallest absolute Gasteiger partial charge is 0.281 e. The lowest BCUT2D eigenvalue weighted by molar-refractivity contribution is 0.141. The first-order valence-electron chi connectivity index (χ1n) is 3.20. The Bertz CT molecular complexity index is 419. The van der Waals surface area contributed by atoms with Gasteiger partial charge in [0.1, 0.15) is 23.1 Å². The van der Waals surface area contributed by atoms with Crippen molar-refractivity contribution in [3.05, 3.63) is 27.7 Å². The van der Waals surface area contributed by atoms with E-state index in [9.17, 15) is 13.6 Å². The lowest BCUT2D eigenvalue weighted by Gasteiger charge is -2.01. The van der Waals surface area contributed by atoms with Gasteiger partial charge in [-0.05, 0) is 0 Å². The average molecular weight is 186 g/mol. The summed E-state index contributed by atoms with van der Waals surface area (Å²) in [5.41, 5.74) is -2.21. The molecule has 1 heterocycles. The molecule has 0 fully saturated rings. The van der Waals surface area contributed by atoms with Crippen molar-refractivity contribution in [2.24, 2.45) is 0 Å². The van der Waals surface area contributed by atoms with Crippen LogP contribution in [0.5, 0.6) is 5.75 Å². The summed E-state index contributed by atoms with van der Waals surface area (Å²) < 4.78 is 24.1. The Hall–Kier alpha value is -1.90. The fourth-order valence-corrected chi connectivity index (χ4v) is 0.783. The lowest BCUT2D eigenvalue weighted by Crippen LogP contribution is -2.12. The van der Waals surface area contributed by atoms with Crippen molar-refractivity contribution in [1.82, 2.24) is 4.98 Å². The lowest BCUT2D eigenvalue weighted by atomic mass is 10.2. The van der Waals surface area contributed by atoms with Crippen LogP contribution in [0.3, 0.4) is 0 Å². The number of aromatic hydroxyl groups is 1. The van der Waals surface area contributed by atoms with E-state index >= 15 is 0 Å². The van der Waals surface area contributed by atoms with Gasteiger partial charge in [0.15, 0.2) is 0 Å². The Kier molecular flexibility index (Phi) is 2.28. The van der Waals surface area contributed by atoms with Crippen molar-refractivity contribution >= 4 is 0 Å². The summed E-state index contributed by atoms with van der Waals surface area (Å²) in [6, 6.07) is 2.16. The number of nitrogens with zero attached hydrogens (tertiary/aromatic N) is 1. The Morgan fingerprint density at radius 2 is 2.23 bits per heavy atom. The van der Waals surface area contributed by atoms with Crippen molar-refractivity contribution in [2.45, 2.75) is 6.43 Å². The van der Waals surface area contributed by atoms with E-state index in [1.165, 1.54) is 6.07 Å². The second-order valence-electron chi connectivity index (χ2n) is 2.22. The van der Waals surface area contributed by atoms with E-state index in [4.69, 9.17) is 10.4 Å². The molecule has 0 unspecified atom stereocenters. The Morgan fingerprint density at radius 1 is 1.62 bits per heavy atom. The summed E-state index contributed by atoms with van der Waals surface area (Å²) in [5, 5.41) is 17.2. The maximum absolute atomic E-state index is 12.0. The normalized spacial score (nSPS) is 10.0. The van der Waals surface area contributed by atoms with E-state index in [2.05, 4.69) is 0 Å². The molecule has 0 radical (unpaired) electrons. The molecule has 2 N–H and O–H groups in total. The third-order valence-corrected chi connectivity index (χ3v) is 1.39. The number of pyridine rings is 1. The molecule has 0 saturated carbocycles. The number of aromatic nitrogens is 1. The number of hydrogen-bond donors (Lipinski definition) is 2. The Balaban J connectivity index is 3.40. The first kappa shape index (κ1) is 9.19. The minimum absolute atomic E-state index is 0.401. The average Bonchev–Trinajstić information content (AvgIpc) is 2.07. The summed E-state index contributed by atoms with van der Waals surface area (Å²) in [6.45, 7) is 0.